The van der Waals surface area contributed by atoms with Crippen molar-refractivity contribution in [2.24, 2.45) is 24.6 Å². The van der Waals surface area contributed by atoms with Crippen LogP contribution in [0.4, 0.5) is 0 Å². The first-order chi connectivity index (χ1) is 15.4. The smallest absolute Gasteiger partial charge is 0.252 e. The van der Waals surface area contributed by atoms with E-state index in [1.807, 2.05) is 61.1 Å². The largest absolute Gasteiger partial charge is 0.365 e. The van der Waals surface area contributed by atoms with Crippen molar-refractivity contribution in [1.29, 1.82) is 0 Å². The van der Waals surface area contributed by atoms with Crippen molar-refractivity contribution in [1.82, 2.24) is 9.78 Å². The summed E-state index contributed by atoms with van der Waals surface area (Å²) in [6.45, 7) is 1.94. The number of aromatic nitrogens is 2. The minimum Gasteiger partial charge on any atom is -0.365 e. The Balaban J connectivity index is 1.78. The molecule has 1 amide bonds. The van der Waals surface area contributed by atoms with Crippen molar-refractivity contribution in [3.63, 3.8) is 0 Å². The third-order valence-electron chi connectivity index (χ3n) is 7.29. The number of allylic oxidation sites excluding steroid dienone is 1. The van der Waals surface area contributed by atoms with Gasteiger partial charge in [0, 0.05) is 29.5 Å². The van der Waals surface area contributed by atoms with E-state index in [-0.39, 0.29) is 23.2 Å². The molecule has 3 aromatic rings. The van der Waals surface area contributed by atoms with Gasteiger partial charge in [0.1, 0.15) is 0 Å². The molecule has 0 radical (unpaired) electrons. The van der Waals surface area contributed by atoms with Gasteiger partial charge >= 0.3 is 0 Å². The lowest BCUT2D eigenvalue weighted by atomic mass is 9.55. The predicted octanol–water partition coefficient (Wildman–Crippen LogP) is 3.76. The van der Waals surface area contributed by atoms with Gasteiger partial charge in [0.05, 0.1) is 17.0 Å². The molecule has 1 heterocycles. The van der Waals surface area contributed by atoms with E-state index in [1.54, 1.807) is 0 Å². The fourth-order valence-electron chi connectivity index (χ4n) is 5.89. The summed E-state index contributed by atoms with van der Waals surface area (Å²) in [6.07, 6.45) is 4.24. The van der Waals surface area contributed by atoms with Gasteiger partial charge in [0.25, 0.3) is 5.91 Å². The maximum Gasteiger partial charge on any atom is 0.252 e. The van der Waals surface area contributed by atoms with E-state index in [0.717, 1.165) is 35.4 Å². The molecule has 5 nitrogen and oxygen atoms in total. The number of ketones is 1. The quantitative estimate of drug-likeness (QED) is 0.647. The number of nitrogens with zero attached hydrogens (tertiary/aromatic N) is 2. The first-order valence-electron chi connectivity index (χ1n) is 11.1. The maximum atomic E-state index is 13.0. The Morgan fingerprint density at radius 3 is 2.44 bits per heavy atom. The van der Waals surface area contributed by atoms with Crippen LogP contribution in [0.25, 0.3) is 11.3 Å². The molecule has 1 aromatic heterocycles. The van der Waals surface area contributed by atoms with Crippen LogP contribution in [-0.4, -0.2) is 21.5 Å². The van der Waals surface area contributed by atoms with E-state index in [4.69, 9.17) is 10.8 Å². The minimum absolute atomic E-state index is 0.0596. The maximum absolute atomic E-state index is 13.0. The summed E-state index contributed by atoms with van der Waals surface area (Å²) < 4.78 is 1.95. The average Bonchev–Trinajstić information content (AvgIpc) is 3.14. The van der Waals surface area contributed by atoms with Gasteiger partial charge in [-0.25, -0.2) is 0 Å². The lowest BCUT2D eigenvalue weighted by molar-refractivity contribution is -0.126. The summed E-state index contributed by atoms with van der Waals surface area (Å²) in [4.78, 5) is 25.3. The average molecular weight is 426 g/mol. The van der Waals surface area contributed by atoms with Gasteiger partial charge in [-0.2, -0.15) is 5.10 Å². The minimum atomic E-state index is -0.654. The van der Waals surface area contributed by atoms with Crippen molar-refractivity contribution in [2.75, 3.05) is 0 Å². The van der Waals surface area contributed by atoms with Crippen LogP contribution in [0.5, 0.6) is 0 Å². The van der Waals surface area contributed by atoms with Crippen LogP contribution in [0.2, 0.25) is 0 Å². The first-order valence-corrected chi connectivity index (χ1v) is 11.1. The van der Waals surface area contributed by atoms with Crippen LogP contribution in [0.1, 0.15) is 30.2 Å². The van der Waals surface area contributed by atoms with Crippen LogP contribution in [0.15, 0.2) is 72.3 Å². The first kappa shape index (κ1) is 20.4. The monoisotopic (exact) mass is 425 g/mol. The summed E-state index contributed by atoms with van der Waals surface area (Å²) in [5.41, 5.74) is 10.8. The number of fused-ring (bicyclic) bond motifs is 3. The van der Waals surface area contributed by atoms with Gasteiger partial charge in [0.2, 0.25) is 0 Å². The Morgan fingerprint density at radius 2 is 1.78 bits per heavy atom. The van der Waals surface area contributed by atoms with Crippen LogP contribution in [-0.2, 0) is 34.9 Å². The standard InChI is InChI=1S/C27H27N3O2/c1-17-22-14-13-20-23(19-11-7-4-8-12-19)30(2)29-25(20)27(22,15-18-9-5-3-6-10-18)16-21(24(17)31)26(28)32/h3-12,16-17,22H,13-15H2,1-2H3,(H2,28,32). The highest BCUT2D eigenvalue weighted by atomic mass is 16.2. The molecule has 0 spiro atoms. The summed E-state index contributed by atoms with van der Waals surface area (Å²) >= 11 is 0. The summed E-state index contributed by atoms with van der Waals surface area (Å²) in [5.74, 6) is -1.03. The molecule has 3 unspecified atom stereocenters. The summed E-state index contributed by atoms with van der Waals surface area (Å²) in [6, 6.07) is 20.5. The van der Waals surface area contributed by atoms with Crippen molar-refractivity contribution in [3.8, 4) is 11.3 Å². The number of carbonyl (C=O) groups is 2. The predicted molar refractivity (Wildman–Crippen MR) is 124 cm³/mol. The molecule has 0 saturated heterocycles. The van der Waals surface area contributed by atoms with Gasteiger partial charge in [-0.1, -0.05) is 73.7 Å². The molecule has 2 aliphatic carbocycles. The zero-order chi connectivity index (χ0) is 22.5. The van der Waals surface area contributed by atoms with Crippen molar-refractivity contribution >= 4 is 11.7 Å². The number of nitrogens with two attached hydrogens (primary N) is 1. The highest BCUT2D eigenvalue weighted by Gasteiger charge is 2.53. The number of primary amides is 1. The molecule has 162 valence electrons. The van der Waals surface area contributed by atoms with Gasteiger partial charge in [-0.15, -0.1) is 0 Å². The number of hydrogen-bond donors (Lipinski definition) is 1. The molecule has 5 heteroatoms. The van der Waals surface area contributed by atoms with Crippen LogP contribution in [0.3, 0.4) is 0 Å². The Bertz CT molecular complexity index is 1230. The van der Waals surface area contributed by atoms with Crippen molar-refractivity contribution in [3.05, 3.63) is 89.1 Å². The Labute approximate surface area is 187 Å². The molecule has 0 bridgehead atoms. The molecule has 2 aromatic carbocycles. The molecule has 3 atom stereocenters. The van der Waals surface area contributed by atoms with E-state index in [0.29, 0.717) is 6.42 Å². The van der Waals surface area contributed by atoms with Gasteiger partial charge in [-0.3, -0.25) is 14.3 Å². The molecule has 2 N–H and O–H groups in total. The van der Waals surface area contributed by atoms with E-state index in [2.05, 4.69) is 24.3 Å². The van der Waals surface area contributed by atoms with Crippen LogP contribution in [0, 0.1) is 11.8 Å². The SMILES string of the molecule is CC1C(=O)C(C(N)=O)=CC2(Cc3ccccc3)c3nn(C)c(-c4ccccc4)c3CCC12. The Kier molecular flexibility index (Phi) is 4.85. The molecule has 2 aliphatic rings. The third kappa shape index (κ3) is 3.03. The highest BCUT2D eigenvalue weighted by Crippen LogP contribution is 2.52. The number of carbonyl (C=O) groups excluding carboxylic acids is 2. The lowest BCUT2D eigenvalue weighted by Crippen LogP contribution is -2.50. The molecule has 0 aliphatic heterocycles. The van der Waals surface area contributed by atoms with E-state index in [9.17, 15) is 9.59 Å². The molecule has 0 saturated carbocycles. The number of hydrogen-bond acceptors (Lipinski definition) is 3. The highest BCUT2D eigenvalue weighted by molar-refractivity contribution is 6.20. The topological polar surface area (TPSA) is 78.0 Å². The fraction of sp³-hybridized carbons (Fsp3) is 0.296. The van der Waals surface area contributed by atoms with Crippen molar-refractivity contribution in [2.45, 2.75) is 31.6 Å². The molecule has 5 rings (SSSR count). The number of rotatable bonds is 4. The third-order valence-corrected chi connectivity index (χ3v) is 7.29. The lowest BCUT2D eigenvalue weighted by Gasteiger charge is -2.47. The fourth-order valence-corrected chi connectivity index (χ4v) is 5.89. The number of amides is 1. The van der Waals surface area contributed by atoms with E-state index < -0.39 is 11.3 Å². The summed E-state index contributed by atoms with van der Waals surface area (Å²) in [7, 11) is 1.97. The zero-order valence-electron chi connectivity index (χ0n) is 18.4. The summed E-state index contributed by atoms with van der Waals surface area (Å²) in [5, 5.41) is 5.04. The van der Waals surface area contributed by atoms with Crippen LogP contribution < -0.4 is 5.73 Å². The second kappa shape index (κ2) is 7.59. The number of Topliss-reactive ketones (excluding diaryl/α,β-unsaturated/α-hetero) is 1. The molecular formula is C27H27N3O2. The van der Waals surface area contributed by atoms with E-state index >= 15 is 0 Å². The number of benzene rings is 2. The zero-order valence-corrected chi connectivity index (χ0v) is 18.4. The van der Waals surface area contributed by atoms with E-state index in [1.165, 1.54) is 5.56 Å². The molecule has 0 fully saturated rings. The molecular weight excluding hydrogens is 398 g/mol. The second-order valence-electron chi connectivity index (χ2n) is 9.09. The van der Waals surface area contributed by atoms with Gasteiger partial charge in [-0.05, 0) is 30.7 Å². The Morgan fingerprint density at radius 1 is 1.12 bits per heavy atom. The van der Waals surface area contributed by atoms with Crippen molar-refractivity contribution < 1.29 is 9.59 Å². The Hall–Kier alpha value is -3.47. The van der Waals surface area contributed by atoms with Gasteiger partial charge < -0.3 is 5.73 Å². The van der Waals surface area contributed by atoms with Gasteiger partial charge in [0.15, 0.2) is 5.78 Å². The normalized spacial score (nSPS) is 24.4. The van der Waals surface area contributed by atoms with Crippen LogP contribution >= 0.6 is 0 Å². The number of aryl methyl sites for hydroxylation is 1. The molecule has 32 heavy (non-hydrogen) atoms. The second-order valence-corrected chi connectivity index (χ2v) is 9.09.